The highest BCUT2D eigenvalue weighted by Crippen LogP contribution is 2.40. The number of nitrogens with one attached hydrogen (secondary N) is 2. The Kier molecular flexibility index (Phi) is 12.1. The zero-order chi connectivity index (χ0) is 41.8. The standard InChI is InChI=1S/C45H53N9O6/c1-50(29-30-16-24-52(25-17-30)44(58)33-7-11-34(12-8-33)53-28-20-38(55)48-45(53)59)23-21-39(56)51-26-18-31(19-27-51)37-15-22-47-43-40(42(46)57)41(49-54(37)43)32-9-13-36(14-10-32)60-35-5-3-2-4-6-35/h2-14,30-31,37,47H,15-29H2,1H3,(H2,46,57)(H,48,55,59)/t37-/m0/s1. The van der Waals surface area contributed by atoms with Gasteiger partial charge in [0.05, 0.1) is 6.04 Å². The van der Waals surface area contributed by atoms with Crippen molar-refractivity contribution in [1.82, 2.24) is 29.8 Å². The first-order valence-corrected chi connectivity index (χ1v) is 21.1. The lowest BCUT2D eigenvalue weighted by atomic mass is 9.86. The van der Waals surface area contributed by atoms with Gasteiger partial charge in [0.2, 0.25) is 11.8 Å². The second-order valence-electron chi connectivity index (χ2n) is 16.4. The van der Waals surface area contributed by atoms with Crippen molar-refractivity contribution in [2.45, 2.75) is 51.0 Å². The fraction of sp³-hybridized carbons (Fsp3) is 0.422. The van der Waals surface area contributed by atoms with Crippen molar-refractivity contribution in [2.24, 2.45) is 17.6 Å². The van der Waals surface area contributed by atoms with Crippen LogP contribution in [0.1, 0.15) is 71.7 Å². The Morgan fingerprint density at radius 3 is 2.20 bits per heavy atom. The molecule has 0 aliphatic carbocycles. The number of imide groups is 1. The average Bonchev–Trinajstić information content (AvgIpc) is 3.67. The smallest absolute Gasteiger partial charge is 0.328 e. The number of hydrogen-bond acceptors (Lipinski definition) is 9. The number of urea groups is 1. The second-order valence-corrected chi connectivity index (χ2v) is 16.4. The van der Waals surface area contributed by atoms with E-state index in [1.807, 2.05) is 69.1 Å². The summed E-state index contributed by atoms with van der Waals surface area (Å²) < 4.78 is 7.93. The van der Waals surface area contributed by atoms with Gasteiger partial charge in [-0.1, -0.05) is 18.2 Å². The molecule has 1 aromatic heterocycles. The van der Waals surface area contributed by atoms with E-state index in [0.717, 1.165) is 50.0 Å². The molecule has 8 rings (SSSR count). The molecular weight excluding hydrogens is 763 g/mol. The van der Waals surface area contributed by atoms with Crippen molar-refractivity contribution < 1.29 is 28.7 Å². The molecule has 0 spiro atoms. The number of aromatic nitrogens is 2. The van der Waals surface area contributed by atoms with E-state index in [0.29, 0.717) is 98.1 Å². The van der Waals surface area contributed by atoms with Crippen molar-refractivity contribution in [1.29, 1.82) is 0 Å². The van der Waals surface area contributed by atoms with Gasteiger partial charge in [0.1, 0.15) is 28.6 Å². The molecule has 3 aromatic carbocycles. The van der Waals surface area contributed by atoms with E-state index in [-0.39, 0.29) is 30.2 Å². The maximum Gasteiger partial charge on any atom is 0.328 e. The molecule has 0 radical (unpaired) electrons. The number of piperidine rings is 2. The van der Waals surface area contributed by atoms with Crippen LogP contribution in [0.15, 0.2) is 78.9 Å². The van der Waals surface area contributed by atoms with Crippen molar-refractivity contribution in [3.63, 3.8) is 0 Å². The number of anilines is 2. The van der Waals surface area contributed by atoms with Crippen molar-refractivity contribution in [3.8, 4) is 22.8 Å². The number of likely N-dealkylation sites (tertiary alicyclic amines) is 2. The molecule has 6 amide bonds. The highest BCUT2D eigenvalue weighted by atomic mass is 16.5. The Morgan fingerprint density at radius 1 is 0.833 bits per heavy atom. The van der Waals surface area contributed by atoms with E-state index in [1.54, 1.807) is 24.3 Å². The first-order valence-electron chi connectivity index (χ1n) is 21.1. The lowest BCUT2D eigenvalue weighted by molar-refractivity contribution is -0.133. The van der Waals surface area contributed by atoms with Gasteiger partial charge in [-0.05, 0) is 112 Å². The van der Waals surface area contributed by atoms with E-state index in [2.05, 4.69) is 22.6 Å². The van der Waals surface area contributed by atoms with Gasteiger partial charge in [-0.15, -0.1) is 0 Å². The third kappa shape index (κ3) is 9.00. The summed E-state index contributed by atoms with van der Waals surface area (Å²) in [6.45, 7) is 5.29. The molecule has 4 aromatic rings. The molecule has 60 heavy (non-hydrogen) atoms. The molecular formula is C45H53N9O6. The molecule has 15 nitrogen and oxygen atoms in total. The molecule has 3 fully saturated rings. The molecule has 314 valence electrons. The number of hydrogen-bond donors (Lipinski definition) is 3. The number of para-hydroxylation sites is 1. The maximum absolute atomic E-state index is 13.4. The van der Waals surface area contributed by atoms with Gasteiger partial charge in [-0.2, -0.15) is 5.10 Å². The Balaban J connectivity index is 0.786. The Hall–Kier alpha value is -6.22. The molecule has 5 heterocycles. The van der Waals surface area contributed by atoms with Gasteiger partial charge in [-0.3, -0.25) is 29.4 Å². The van der Waals surface area contributed by atoms with Crippen LogP contribution in [-0.2, 0) is 9.59 Å². The zero-order valence-electron chi connectivity index (χ0n) is 34.1. The van der Waals surface area contributed by atoms with Gasteiger partial charge in [-0.25, -0.2) is 9.48 Å². The van der Waals surface area contributed by atoms with Crippen LogP contribution in [0.4, 0.5) is 16.3 Å². The second kappa shape index (κ2) is 18.0. The van der Waals surface area contributed by atoms with Crippen LogP contribution < -0.4 is 26.0 Å². The van der Waals surface area contributed by atoms with Gasteiger partial charge < -0.3 is 30.5 Å². The summed E-state index contributed by atoms with van der Waals surface area (Å²) in [4.78, 5) is 70.8. The Labute approximate surface area is 349 Å². The number of carbonyl (C=O) groups is 5. The average molecular weight is 816 g/mol. The van der Waals surface area contributed by atoms with E-state index >= 15 is 0 Å². The van der Waals surface area contributed by atoms with Crippen molar-refractivity contribution >= 4 is 41.2 Å². The lowest BCUT2D eigenvalue weighted by Gasteiger charge is -2.38. The van der Waals surface area contributed by atoms with E-state index < -0.39 is 11.9 Å². The fourth-order valence-corrected chi connectivity index (χ4v) is 9.09. The quantitative estimate of drug-likeness (QED) is 0.170. The molecule has 0 unspecified atom stereocenters. The van der Waals surface area contributed by atoms with Gasteiger partial charge >= 0.3 is 6.03 Å². The summed E-state index contributed by atoms with van der Waals surface area (Å²) >= 11 is 0. The Morgan fingerprint density at radius 2 is 1.52 bits per heavy atom. The predicted octanol–water partition coefficient (Wildman–Crippen LogP) is 5.36. The van der Waals surface area contributed by atoms with Crippen LogP contribution >= 0.6 is 0 Å². The fourth-order valence-electron chi connectivity index (χ4n) is 9.09. The van der Waals surface area contributed by atoms with Crippen molar-refractivity contribution in [2.75, 3.05) is 69.6 Å². The number of nitrogens with zero attached hydrogens (tertiary/aromatic N) is 6. The summed E-state index contributed by atoms with van der Waals surface area (Å²) in [5, 5.41) is 10.7. The summed E-state index contributed by atoms with van der Waals surface area (Å²) in [7, 11) is 2.07. The third-order valence-electron chi connectivity index (χ3n) is 12.4. The van der Waals surface area contributed by atoms with Gasteiger partial charge in [0.25, 0.3) is 11.8 Å². The zero-order valence-corrected chi connectivity index (χ0v) is 34.1. The molecule has 0 saturated carbocycles. The van der Waals surface area contributed by atoms with Crippen LogP contribution in [0.3, 0.4) is 0 Å². The maximum atomic E-state index is 13.4. The van der Waals surface area contributed by atoms with E-state index in [4.69, 9.17) is 15.6 Å². The van der Waals surface area contributed by atoms with Crippen LogP contribution in [0, 0.1) is 11.8 Å². The van der Waals surface area contributed by atoms with Crippen LogP contribution in [0.2, 0.25) is 0 Å². The number of fused-ring (bicyclic) bond motifs is 1. The predicted molar refractivity (Wildman–Crippen MR) is 227 cm³/mol. The summed E-state index contributed by atoms with van der Waals surface area (Å²) in [6.07, 6.45) is 5.07. The topological polar surface area (TPSA) is 175 Å². The largest absolute Gasteiger partial charge is 0.457 e. The number of carbonyl (C=O) groups excluding carboxylic acids is 5. The number of primary amides is 1. The lowest BCUT2D eigenvalue weighted by Crippen LogP contribution is -2.49. The molecule has 4 aliphatic rings. The first-order chi connectivity index (χ1) is 29.1. The summed E-state index contributed by atoms with van der Waals surface area (Å²) in [5.74, 6) is 2.16. The number of amides is 6. The first kappa shape index (κ1) is 40.6. The molecule has 15 heteroatoms. The van der Waals surface area contributed by atoms with Crippen molar-refractivity contribution in [3.05, 3.63) is 90.0 Å². The van der Waals surface area contributed by atoms with Gasteiger partial charge in [0, 0.05) is 82.0 Å². The molecule has 4 aliphatic heterocycles. The SMILES string of the molecule is CN(CCC(=O)N1CCC([C@@H]2CCNc3c(C(N)=O)c(-c4ccc(Oc5ccccc5)cc4)nn32)CC1)CC1CCN(C(=O)c2ccc(N3CCC(=O)NC3=O)cc2)CC1. The van der Waals surface area contributed by atoms with Gasteiger partial charge in [0.15, 0.2) is 0 Å². The number of nitrogens with two attached hydrogens (primary N) is 1. The normalized spacial score (nSPS) is 18.8. The molecule has 4 N–H and O–H groups in total. The van der Waals surface area contributed by atoms with Crippen LogP contribution in [0.5, 0.6) is 11.5 Å². The van der Waals surface area contributed by atoms with E-state index in [1.165, 1.54) is 4.90 Å². The highest BCUT2D eigenvalue weighted by Gasteiger charge is 2.36. The van der Waals surface area contributed by atoms with Crippen LogP contribution in [-0.4, -0.2) is 114 Å². The minimum Gasteiger partial charge on any atom is -0.457 e. The molecule has 3 saturated heterocycles. The number of rotatable bonds is 12. The highest BCUT2D eigenvalue weighted by molar-refractivity contribution is 6.06. The van der Waals surface area contributed by atoms with Crippen LogP contribution in [0.25, 0.3) is 11.3 Å². The van der Waals surface area contributed by atoms with E-state index in [9.17, 15) is 24.0 Å². The third-order valence-corrected chi connectivity index (χ3v) is 12.4. The minimum atomic E-state index is -0.526. The number of ether oxygens (including phenoxy) is 1. The summed E-state index contributed by atoms with van der Waals surface area (Å²) in [5.41, 5.74) is 8.91. The molecule has 1 atom stereocenters. The Bertz CT molecular complexity index is 2190. The molecule has 0 bridgehead atoms. The summed E-state index contributed by atoms with van der Waals surface area (Å²) in [6, 6.07) is 23.7. The monoisotopic (exact) mass is 815 g/mol. The number of benzene rings is 3. The minimum absolute atomic E-state index is 0.0251.